The number of ether oxygens (including phenoxy) is 1. The van der Waals surface area contributed by atoms with Gasteiger partial charge in [-0.2, -0.15) is 0 Å². The third-order valence-corrected chi connectivity index (χ3v) is 3.26. The number of rotatable bonds is 7. The lowest BCUT2D eigenvalue weighted by Crippen LogP contribution is -2.31. The van der Waals surface area contributed by atoms with Crippen molar-refractivity contribution in [2.24, 2.45) is 5.73 Å². The molecule has 18 heavy (non-hydrogen) atoms. The van der Waals surface area contributed by atoms with Gasteiger partial charge in [0, 0.05) is 25.4 Å². The Balaban J connectivity index is 2.46. The number of hydrogen-bond acceptors (Lipinski definition) is 5. The molecule has 0 bridgehead atoms. The molecule has 0 aromatic carbocycles. The van der Waals surface area contributed by atoms with E-state index in [0.29, 0.717) is 25.4 Å². The number of nitrogens with zero attached hydrogens (tertiary/aromatic N) is 2. The van der Waals surface area contributed by atoms with Gasteiger partial charge in [0.2, 0.25) is 0 Å². The summed E-state index contributed by atoms with van der Waals surface area (Å²) in [4.78, 5) is 17.9. The van der Waals surface area contributed by atoms with Crippen LogP contribution in [-0.4, -0.2) is 48.6 Å². The number of amides is 1. The van der Waals surface area contributed by atoms with E-state index in [-0.39, 0.29) is 12.0 Å². The quantitative estimate of drug-likeness (QED) is 0.807. The maximum absolute atomic E-state index is 12.0. The number of carbonyl (C=O) groups is 1. The standard InChI is InChI=1S/C12H21N3O2S/c1-9(2)17-7-6-15(3)12(16)10-8-18-11(14-10)4-5-13/h8-9H,4-7,13H2,1-3H3. The van der Waals surface area contributed by atoms with E-state index in [4.69, 9.17) is 10.5 Å². The van der Waals surface area contributed by atoms with E-state index in [0.717, 1.165) is 11.4 Å². The van der Waals surface area contributed by atoms with Gasteiger partial charge in [-0.25, -0.2) is 4.98 Å². The van der Waals surface area contributed by atoms with E-state index in [9.17, 15) is 4.79 Å². The van der Waals surface area contributed by atoms with E-state index in [2.05, 4.69) is 4.98 Å². The van der Waals surface area contributed by atoms with E-state index in [1.165, 1.54) is 11.3 Å². The van der Waals surface area contributed by atoms with Crippen molar-refractivity contribution in [3.05, 3.63) is 16.1 Å². The van der Waals surface area contributed by atoms with Crippen LogP contribution in [0.3, 0.4) is 0 Å². The highest BCUT2D eigenvalue weighted by atomic mass is 32.1. The summed E-state index contributed by atoms with van der Waals surface area (Å²) in [6, 6.07) is 0. The molecule has 1 aromatic heterocycles. The van der Waals surface area contributed by atoms with Gasteiger partial charge in [0.15, 0.2) is 0 Å². The largest absolute Gasteiger partial charge is 0.377 e. The Morgan fingerprint density at radius 2 is 2.33 bits per heavy atom. The molecular weight excluding hydrogens is 250 g/mol. The summed E-state index contributed by atoms with van der Waals surface area (Å²) < 4.78 is 5.41. The molecule has 6 heteroatoms. The van der Waals surface area contributed by atoms with Gasteiger partial charge in [0.1, 0.15) is 5.69 Å². The molecule has 0 saturated carbocycles. The molecule has 0 atom stereocenters. The Hall–Kier alpha value is -0.980. The van der Waals surface area contributed by atoms with E-state index in [1.54, 1.807) is 17.3 Å². The van der Waals surface area contributed by atoms with Crippen molar-refractivity contribution in [3.8, 4) is 0 Å². The molecule has 1 heterocycles. The minimum absolute atomic E-state index is 0.0677. The van der Waals surface area contributed by atoms with Gasteiger partial charge in [0.05, 0.1) is 17.7 Å². The average molecular weight is 271 g/mol. The summed E-state index contributed by atoms with van der Waals surface area (Å²) in [5.41, 5.74) is 5.95. The van der Waals surface area contributed by atoms with Gasteiger partial charge < -0.3 is 15.4 Å². The summed E-state index contributed by atoms with van der Waals surface area (Å²) in [6.45, 7) is 5.61. The van der Waals surface area contributed by atoms with Crippen molar-refractivity contribution >= 4 is 17.2 Å². The molecule has 2 N–H and O–H groups in total. The monoisotopic (exact) mass is 271 g/mol. The van der Waals surface area contributed by atoms with Gasteiger partial charge in [-0.3, -0.25) is 4.79 Å². The molecule has 0 aliphatic rings. The highest BCUT2D eigenvalue weighted by Gasteiger charge is 2.15. The predicted molar refractivity (Wildman–Crippen MR) is 72.9 cm³/mol. The van der Waals surface area contributed by atoms with Crippen LogP contribution in [0.1, 0.15) is 29.3 Å². The maximum Gasteiger partial charge on any atom is 0.273 e. The van der Waals surface area contributed by atoms with Crippen molar-refractivity contribution in [3.63, 3.8) is 0 Å². The van der Waals surface area contributed by atoms with Crippen LogP contribution in [0, 0.1) is 0 Å². The lowest BCUT2D eigenvalue weighted by atomic mass is 10.4. The smallest absolute Gasteiger partial charge is 0.273 e. The van der Waals surface area contributed by atoms with Crippen LogP contribution in [0.25, 0.3) is 0 Å². The first-order valence-electron chi connectivity index (χ1n) is 6.06. The number of hydrogen-bond donors (Lipinski definition) is 1. The molecular formula is C12H21N3O2S. The fraction of sp³-hybridized carbons (Fsp3) is 0.667. The molecule has 5 nitrogen and oxygen atoms in total. The minimum atomic E-state index is -0.0677. The fourth-order valence-corrected chi connectivity index (χ4v) is 2.16. The van der Waals surface area contributed by atoms with E-state index < -0.39 is 0 Å². The normalized spacial score (nSPS) is 10.9. The Labute approximate surface area is 112 Å². The van der Waals surface area contributed by atoms with Crippen molar-refractivity contribution < 1.29 is 9.53 Å². The molecule has 102 valence electrons. The maximum atomic E-state index is 12.0. The molecule has 0 radical (unpaired) electrons. The Kier molecular flexibility index (Phi) is 6.24. The highest BCUT2D eigenvalue weighted by molar-refractivity contribution is 7.09. The van der Waals surface area contributed by atoms with Crippen molar-refractivity contribution in [1.82, 2.24) is 9.88 Å². The van der Waals surface area contributed by atoms with Crippen LogP contribution >= 0.6 is 11.3 Å². The number of aromatic nitrogens is 1. The van der Waals surface area contributed by atoms with Crippen molar-refractivity contribution in [2.45, 2.75) is 26.4 Å². The first kappa shape index (κ1) is 15.1. The lowest BCUT2D eigenvalue weighted by Gasteiger charge is -2.16. The molecule has 1 amide bonds. The third kappa shape index (κ3) is 4.72. The van der Waals surface area contributed by atoms with Gasteiger partial charge in [-0.1, -0.05) is 0 Å². The van der Waals surface area contributed by atoms with Gasteiger partial charge in [-0.15, -0.1) is 11.3 Å². The molecule has 1 aromatic rings. The molecule has 0 saturated heterocycles. The van der Waals surface area contributed by atoms with Gasteiger partial charge >= 0.3 is 0 Å². The van der Waals surface area contributed by atoms with Crippen LogP contribution < -0.4 is 5.73 Å². The zero-order chi connectivity index (χ0) is 13.5. The van der Waals surface area contributed by atoms with Crippen molar-refractivity contribution in [2.75, 3.05) is 26.7 Å². The Morgan fingerprint density at radius 1 is 1.61 bits per heavy atom. The fourth-order valence-electron chi connectivity index (χ4n) is 1.37. The second-order valence-corrected chi connectivity index (χ2v) is 5.25. The number of nitrogens with two attached hydrogens (primary N) is 1. The second-order valence-electron chi connectivity index (χ2n) is 4.31. The van der Waals surface area contributed by atoms with Crippen LogP contribution in [0.15, 0.2) is 5.38 Å². The summed E-state index contributed by atoms with van der Waals surface area (Å²) in [5, 5.41) is 2.69. The first-order chi connectivity index (χ1) is 8.54. The van der Waals surface area contributed by atoms with Gasteiger partial charge in [0.25, 0.3) is 5.91 Å². The SMILES string of the molecule is CC(C)OCCN(C)C(=O)c1csc(CCN)n1. The van der Waals surface area contributed by atoms with E-state index in [1.807, 2.05) is 13.8 Å². The second kappa shape index (κ2) is 7.45. The zero-order valence-electron chi connectivity index (χ0n) is 11.2. The Morgan fingerprint density at radius 3 is 2.94 bits per heavy atom. The molecule has 0 aliphatic carbocycles. The molecule has 0 fully saturated rings. The summed E-state index contributed by atoms with van der Waals surface area (Å²) in [6.07, 6.45) is 0.905. The Bertz CT molecular complexity index is 379. The lowest BCUT2D eigenvalue weighted by molar-refractivity contribution is 0.0529. The summed E-state index contributed by atoms with van der Waals surface area (Å²) >= 11 is 1.48. The average Bonchev–Trinajstić information content (AvgIpc) is 2.76. The number of carbonyl (C=O) groups excluding carboxylic acids is 1. The first-order valence-corrected chi connectivity index (χ1v) is 6.94. The third-order valence-electron chi connectivity index (χ3n) is 2.35. The van der Waals surface area contributed by atoms with Crippen molar-refractivity contribution in [1.29, 1.82) is 0 Å². The van der Waals surface area contributed by atoms with Gasteiger partial charge in [-0.05, 0) is 20.4 Å². The summed E-state index contributed by atoms with van der Waals surface area (Å²) in [7, 11) is 1.76. The van der Waals surface area contributed by atoms with Crippen LogP contribution in [0.4, 0.5) is 0 Å². The van der Waals surface area contributed by atoms with Crippen LogP contribution in [-0.2, 0) is 11.2 Å². The molecule has 0 aliphatic heterocycles. The van der Waals surface area contributed by atoms with E-state index >= 15 is 0 Å². The molecule has 0 unspecified atom stereocenters. The molecule has 1 rings (SSSR count). The summed E-state index contributed by atoms with van der Waals surface area (Å²) in [5.74, 6) is -0.0677. The highest BCUT2D eigenvalue weighted by Crippen LogP contribution is 2.11. The molecule has 0 spiro atoms. The van der Waals surface area contributed by atoms with Crippen LogP contribution in [0.2, 0.25) is 0 Å². The topological polar surface area (TPSA) is 68.5 Å². The zero-order valence-corrected chi connectivity index (χ0v) is 12.0. The minimum Gasteiger partial charge on any atom is -0.377 e. The number of likely N-dealkylation sites (N-methyl/N-ethyl adjacent to an activating group) is 1. The predicted octanol–water partition coefficient (Wildman–Crippen LogP) is 1.14. The number of thiazole rings is 1. The van der Waals surface area contributed by atoms with Crippen LogP contribution in [0.5, 0.6) is 0 Å².